The van der Waals surface area contributed by atoms with Crippen LogP contribution in [0, 0.1) is 5.82 Å². The number of rotatable bonds is 5. The topological polar surface area (TPSA) is 23.6 Å². The Bertz CT molecular complexity index is 912. The average molecular weight is 360 g/mol. The summed E-state index contributed by atoms with van der Waals surface area (Å²) in [4.78, 5) is 16.9. The summed E-state index contributed by atoms with van der Waals surface area (Å²) in [5.41, 5.74) is 3.01. The van der Waals surface area contributed by atoms with Crippen LogP contribution in [0.15, 0.2) is 84.9 Å². The zero-order valence-corrected chi connectivity index (χ0v) is 15.1. The second-order valence-electron chi connectivity index (χ2n) is 6.84. The molecule has 1 aliphatic rings. The van der Waals surface area contributed by atoms with Crippen LogP contribution in [0.5, 0.6) is 0 Å². The molecule has 0 spiro atoms. The number of nitrogens with zero attached hydrogens (tertiary/aromatic N) is 2. The Kier molecular flexibility index (Phi) is 4.63. The van der Waals surface area contributed by atoms with E-state index in [0.717, 1.165) is 16.8 Å². The molecule has 0 aliphatic carbocycles. The van der Waals surface area contributed by atoms with Gasteiger partial charge in [-0.2, -0.15) is 0 Å². The van der Waals surface area contributed by atoms with Gasteiger partial charge in [0, 0.05) is 19.3 Å². The number of anilines is 1. The molecular weight excluding hydrogens is 339 g/mol. The molecule has 1 heterocycles. The Morgan fingerprint density at radius 3 is 2.11 bits per heavy atom. The number of hydrogen-bond donors (Lipinski definition) is 0. The zero-order chi connectivity index (χ0) is 18.8. The fourth-order valence-electron chi connectivity index (χ4n) is 3.71. The smallest absolute Gasteiger partial charge is 0.248 e. The summed E-state index contributed by atoms with van der Waals surface area (Å²) in [5.74, 6) is -0.188. The SMILES string of the molecule is CN(c1ccccc1)C1C(=O)N(Cc2ccccc2)C1c1ccc(F)cc1. The van der Waals surface area contributed by atoms with Crippen LogP contribution in [0.2, 0.25) is 0 Å². The van der Waals surface area contributed by atoms with E-state index in [1.807, 2.05) is 77.5 Å². The van der Waals surface area contributed by atoms with Crippen molar-refractivity contribution < 1.29 is 9.18 Å². The number of likely N-dealkylation sites (N-methyl/N-ethyl adjacent to an activating group) is 1. The molecule has 0 aromatic heterocycles. The van der Waals surface area contributed by atoms with Gasteiger partial charge in [-0.15, -0.1) is 0 Å². The number of amides is 1. The first-order valence-corrected chi connectivity index (χ1v) is 9.03. The normalized spacial score (nSPS) is 18.9. The highest BCUT2D eigenvalue weighted by Gasteiger charge is 2.50. The standard InChI is InChI=1S/C23H21FN2O/c1-25(20-10-6-3-7-11-20)22-21(18-12-14-19(24)15-13-18)26(23(22)27)16-17-8-4-2-5-9-17/h2-15,21-22H,16H2,1H3. The van der Waals surface area contributed by atoms with Gasteiger partial charge in [0.2, 0.25) is 5.91 Å². The number of carbonyl (C=O) groups excluding carboxylic acids is 1. The van der Waals surface area contributed by atoms with Gasteiger partial charge < -0.3 is 9.80 Å². The largest absolute Gasteiger partial charge is 0.361 e. The summed E-state index contributed by atoms with van der Waals surface area (Å²) in [5, 5.41) is 0. The van der Waals surface area contributed by atoms with E-state index in [4.69, 9.17) is 0 Å². The lowest BCUT2D eigenvalue weighted by Gasteiger charge is -2.51. The predicted molar refractivity (Wildman–Crippen MR) is 105 cm³/mol. The maximum Gasteiger partial charge on any atom is 0.248 e. The summed E-state index contributed by atoms with van der Waals surface area (Å²) >= 11 is 0. The van der Waals surface area contributed by atoms with Crippen molar-refractivity contribution in [2.75, 3.05) is 11.9 Å². The van der Waals surface area contributed by atoms with Crippen molar-refractivity contribution in [2.24, 2.45) is 0 Å². The van der Waals surface area contributed by atoms with Crippen molar-refractivity contribution in [3.8, 4) is 0 Å². The Labute approximate surface area is 158 Å². The van der Waals surface area contributed by atoms with Crippen LogP contribution in [0.3, 0.4) is 0 Å². The number of hydrogen-bond acceptors (Lipinski definition) is 2. The van der Waals surface area contributed by atoms with Gasteiger partial charge in [0.1, 0.15) is 11.9 Å². The Morgan fingerprint density at radius 2 is 1.48 bits per heavy atom. The first-order chi connectivity index (χ1) is 13.1. The minimum absolute atomic E-state index is 0.0829. The lowest BCUT2D eigenvalue weighted by Crippen LogP contribution is -2.64. The van der Waals surface area contributed by atoms with Gasteiger partial charge in [-0.3, -0.25) is 4.79 Å². The third-order valence-corrected chi connectivity index (χ3v) is 5.16. The second kappa shape index (κ2) is 7.23. The molecule has 1 saturated heterocycles. The van der Waals surface area contributed by atoms with E-state index >= 15 is 0 Å². The van der Waals surface area contributed by atoms with E-state index < -0.39 is 0 Å². The summed E-state index contributed by atoms with van der Waals surface area (Å²) in [7, 11) is 1.94. The van der Waals surface area contributed by atoms with Crippen LogP contribution in [-0.2, 0) is 11.3 Å². The van der Waals surface area contributed by atoms with Gasteiger partial charge in [-0.05, 0) is 35.4 Å². The highest BCUT2D eigenvalue weighted by molar-refractivity contribution is 5.93. The monoisotopic (exact) mass is 360 g/mol. The van der Waals surface area contributed by atoms with Crippen molar-refractivity contribution in [3.63, 3.8) is 0 Å². The van der Waals surface area contributed by atoms with E-state index in [-0.39, 0.29) is 23.8 Å². The van der Waals surface area contributed by atoms with E-state index in [1.54, 1.807) is 12.1 Å². The van der Waals surface area contributed by atoms with Crippen LogP contribution in [0.25, 0.3) is 0 Å². The third-order valence-electron chi connectivity index (χ3n) is 5.16. The quantitative estimate of drug-likeness (QED) is 0.629. The predicted octanol–water partition coefficient (Wildman–Crippen LogP) is 4.41. The van der Waals surface area contributed by atoms with Crippen LogP contribution in [0.4, 0.5) is 10.1 Å². The Morgan fingerprint density at radius 1 is 0.889 bits per heavy atom. The van der Waals surface area contributed by atoms with Crippen LogP contribution in [0.1, 0.15) is 17.2 Å². The number of benzene rings is 3. The van der Waals surface area contributed by atoms with E-state index in [1.165, 1.54) is 12.1 Å². The van der Waals surface area contributed by atoms with Gasteiger partial charge in [-0.25, -0.2) is 4.39 Å². The molecule has 3 aromatic carbocycles. The van der Waals surface area contributed by atoms with Gasteiger partial charge in [0.05, 0.1) is 6.04 Å². The summed E-state index contributed by atoms with van der Waals surface area (Å²) in [6.07, 6.45) is 0. The first-order valence-electron chi connectivity index (χ1n) is 9.03. The maximum absolute atomic E-state index is 13.4. The number of halogens is 1. The molecule has 1 aliphatic heterocycles. The van der Waals surface area contributed by atoms with Crippen LogP contribution in [-0.4, -0.2) is 23.9 Å². The van der Waals surface area contributed by atoms with Crippen molar-refractivity contribution in [2.45, 2.75) is 18.6 Å². The van der Waals surface area contributed by atoms with Crippen LogP contribution < -0.4 is 4.90 Å². The summed E-state index contributed by atoms with van der Waals surface area (Å²) in [6, 6.07) is 25.8. The Hall–Kier alpha value is -3.14. The molecule has 4 rings (SSSR count). The van der Waals surface area contributed by atoms with Gasteiger partial charge in [0.15, 0.2) is 0 Å². The molecule has 4 heteroatoms. The molecule has 1 fully saturated rings. The number of likely N-dealkylation sites (tertiary alicyclic amines) is 1. The molecule has 2 atom stereocenters. The van der Waals surface area contributed by atoms with Crippen molar-refractivity contribution in [1.29, 1.82) is 0 Å². The minimum atomic E-state index is -0.304. The highest BCUT2D eigenvalue weighted by atomic mass is 19.1. The lowest BCUT2D eigenvalue weighted by atomic mass is 9.86. The first kappa shape index (κ1) is 17.3. The summed E-state index contributed by atoms with van der Waals surface area (Å²) in [6.45, 7) is 0.543. The molecule has 0 bridgehead atoms. The maximum atomic E-state index is 13.4. The van der Waals surface area contributed by atoms with Crippen molar-refractivity contribution in [3.05, 3.63) is 102 Å². The van der Waals surface area contributed by atoms with Gasteiger partial charge in [0.25, 0.3) is 0 Å². The molecule has 0 N–H and O–H groups in total. The molecule has 3 nitrogen and oxygen atoms in total. The fraction of sp³-hybridized carbons (Fsp3) is 0.174. The molecule has 1 amide bonds. The molecule has 0 saturated carbocycles. The van der Waals surface area contributed by atoms with Crippen molar-refractivity contribution in [1.82, 2.24) is 4.90 Å². The van der Waals surface area contributed by atoms with E-state index in [9.17, 15) is 9.18 Å². The van der Waals surface area contributed by atoms with E-state index in [2.05, 4.69) is 0 Å². The Balaban J connectivity index is 1.66. The van der Waals surface area contributed by atoms with Crippen LogP contribution >= 0.6 is 0 Å². The van der Waals surface area contributed by atoms with Gasteiger partial charge in [-0.1, -0.05) is 60.7 Å². The van der Waals surface area contributed by atoms with Gasteiger partial charge >= 0.3 is 0 Å². The number of carbonyl (C=O) groups is 1. The summed E-state index contributed by atoms with van der Waals surface area (Å²) < 4.78 is 13.4. The minimum Gasteiger partial charge on any atom is -0.361 e. The average Bonchev–Trinajstić information content (AvgIpc) is 2.72. The molecule has 0 radical (unpaired) electrons. The second-order valence-corrected chi connectivity index (χ2v) is 6.84. The van der Waals surface area contributed by atoms with Crippen molar-refractivity contribution >= 4 is 11.6 Å². The molecule has 3 aromatic rings. The highest BCUT2D eigenvalue weighted by Crippen LogP contribution is 2.40. The fourth-order valence-corrected chi connectivity index (χ4v) is 3.71. The molecular formula is C23H21FN2O. The number of β-lactam (4-membered cyclic amide) rings is 1. The van der Waals surface area contributed by atoms with E-state index in [0.29, 0.717) is 6.54 Å². The molecule has 27 heavy (non-hydrogen) atoms. The molecule has 136 valence electrons. The zero-order valence-electron chi connectivity index (χ0n) is 15.1. The number of para-hydroxylation sites is 1. The molecule has 2 unspecified atom stereocenters. The lowest BCUT2D eigenvalue weighted by molar-refractivity contribution is -0.150. The third kappa shape index (κ3) is 3.31.